The van der Waals surface area contributed by atoms with Crippen LogP contribution in [0.4, 0.5) is 5.69 Å². The van der Waals surface area contributed by atoms with Crippen LogP contribution in [0.3, 0.4) is 0 Å². The Bertz CT molecular complexity index is 936. The maximum absolute atomic E-state index is 12.7. The molecule has 2 aromatic heterocycles. The minimum absolute atomic E-state index is 0.0182. The largest absolute Gasteiger partial charge is 0.375 e. The van der Waals surface area contributed by atoms with Crippen molar-refractivity contribution in [1.82, 2.24) is 15.3 Å². The molecule has 2 heterocycles. The number of carbonyl (C=O) groups is 1. The maximum atomic E-state index is 12.7. The SMILES string of the molecule is CCc1nc(C)c2c(C)c(C(=O)NCCCN(C)c3ccccc3)sc2n1. The van der Waals surface area contributed by atoms with Gasteiger partial charge in [-0.3, -0.25) is 4.79 Å². The molecule has 1 amide bonds. The van der Waals surface area contributed by atoms with Crippen LogP contribution in [-0.2, 0) is 6.42 Å². The number of aromatic nitrogens is 2. The van der Waals surface area contributed by atoms with Gasteiger partial charge in [0.15, 0.2) is 0 Å². The molecular weight excluding hydrogens is 356 g/mol. The summed E-state index contributed by atoms with van der Waals surface area (Å²) < 4.78 is 0. The average Bonchev–Trinajstić information content (AvgIpc) is 3.02. The zero-order chi connectivity index (χ0) is 19.4. The van der Waals surface area contributed by atoms with Crippen molar-refractivity contribution >= 4 is 33.1 Å². The molecule has 1 aromatic carbocycles. The summed E-state index contributed by atoms with van der Waals surface area (Å²) in [5.41, 5.74) is 3.12. The van der Waals surface area contributed by atoms with Gasteiger partial charge in [0.2, 0.25) is 0 Å². The van der Waals surface area contributed by atoms with Crippen molar-refractivity contribution in [3.8, 4) is 0 Å². The molecule has 0 bridgehead atoms. The van der Waals surface area contributed by atoms with Gasteiger partial charge in [-0.05, 0) is 38.0 Å². The summed E-state index contributed by atoms with van der Waals surface area (Å²) in [5.74, 6) is 0.812. The number of amides is 1. The Hall–Kier alpha value is -2.47. The van der Waals surface area contributed by atoms with Crippen LogP contribution < -0.4 is 10.2 Å². The van der Waals surface area contributed by atoms with Crippen LogP contribution >= 0.6 is 11.3 Å². The standard InChI is InChI=1S/C21H26N4OS/c1-5-17-23-15(3)18-14(2)19(27-21(18)24-17)20(26)22-12-9-13-25(4)16-10-7-6-8-11-16/h6-8,10-11H,5,9,12-13H2,1-4H3,(H,22,26). The first-order chi connectivity index (χ1) is 13.0. The van der Waals surface area contributed by atoms with Gasteiger partial charge >= 0.3 is 0 Å². The molecule has 0 atom stereocenters. The molecule has 0 spiro atoms. The summed E-state index contributed by atoms with van der Waals surface area (Å²) >= 11 is 1.46. The summed E-state index contributed by atoms with van der Waals surface area (Å²) in [6.45, 7) is 7.55. The molecular formula is C21H26N4OS. The van der Waals surface area contributed by atoms with E-state index in [-0.39, 0.29) is 5.91 Å². The second-order valence-corrected chi connectivity index (χ2v) is 7.68. The molecule has 0 radical (unpaired) electrons. The van der Waals surface area contributed by atoms with Crippen LogP contribution in [-0.4, -0.2) is 36.0 Å². The van der Waals surface area contributed by atoms with E-state index in [4.69, 9.17) is 0 Å². The number of rotatable bonds is 7. The second kappa shape index (κ2) is 8.48. The first kappa shape index (κ1) is 19.3. The minimum Gasteiger partial charge on any atom is -0.375 e. The van der Waals surface area contributed by atoms with Crippen LogP contribution in [0, 0.1) is 13.8 Å². The predicted octanol–water partition coefficient (Wildman–Crippen LogP) is 4.13. The Kier molecular flexibility index (Phi) is 6.06. The van der Waals surface area contributed by atoms with E-state index in [1.165, 1.54) is 17.0 Å². The smallest absolute Gasteiger partial charge is 0.261 e. The lowest BCUT2D eigenvalue weighted by molar-refractivity contribution is 0.0957. The normalized spacial score (nSPS) is 11.0. The van der Waals surface area contributed by atoms with Crippen molar-refractivity contribution in [3.05, 3.63) is 52.3 Å². The highest BCUT2D eigenvalue weighted by Crippen LogP contribution is 2.31. The van der Waals surface area contributed by atoms with Gasteiger partial charge in [-0.1, -0.05) is 25.1 Å². The number of hydrogen-bond acceptors (Lipinski definition) is 5. The molecule has 142 valence electrons. The van der Waals surface area contributed by atoms with Gasteiger partial charge in [-0.15, -0.1) is 11.3 Å². The Balaban J connectivity index is 1.61. The number of anilines is 1. The third kappa shape index (κ3) is 4.27. The Morgan fingerprint density at radius 2 is 1.93 bits per heavy atom. The summed E-state index contributed by atoms with van der Waals surface area (Å²) in [6.07, 6.45) is 1.68. The van der Waals surface area contributed by atoms with Gasteiger partial charge < -0.3 is 10.2 Å². The van der Waals surface area contributed by atoms with E-state index in [9.17, 15) is 4.79 Å². The number of nitrogens with zero attached hydrogens (tertiary/aromatic N) is 3. The molecule has 5 nitrogen and oxygen atoms in total. The fourth-order valence-electron chi connectivity index (χ4n) is 3.18. The minimum atomic E-state index is -0.0182. The lowest BCUT2D eigenvalue weighted by Crippen LogP contribution is -2.28. The number of hydrogen-bond donors (Lipinski definition) is 1. The quantitative estimate of drug-likeness (QED) is 0.624. The average molecular weight is 383 g/mol. The van der Waals surface area contributed by atoms with Crippen molar-refractivity contribution in [3.63, 3.8) is 0 Å². The molecule has 0 saturated heterocycles. The maximum Gasteiger partial charge on any atom is 0.261 e. The Morgan fingerprint density at radius 3 is 2.63 bits per heavy atom. The van der Waals surface area contributed by atoms with E-state index in [1.54, 1.807) is 0 Å². The summed E-state index contributed by atoms with van der Waals surface area (Å²) in [7, 11) is 2.07. The molecule has 0 aliphatic carbocycles. The molecule has 3 aromatic rings. The molecule has 27 heavy (non-hydrogen) atoms. The van der Waals surface area contributed by atoms with Crippen molar-refractivity contribution in [2.45, 2.75) is 33.6 Å². The molecule has 3 rings (SSSR count). The Morgan fingerprint density at radius 1 is 1.19 bits per heavy atom. The lowest BCUT2D eigenvalue weighted by atomic mass is 10.1. The predicted molar refractivity (Wildman–Crippen MR) is 113 cm³/mol. The summed E-state index contributed by atoms with van der Waals surface area (Å²) in [4.78, 5) is 25.6. The summed E-state index contributed by atoms with van der Waals surface area (Å²) in [6, 6.07) is 10.3. The van der Waals surface area contributed by atoms with E-state index in [0.29, 0.717) is 6.54 Å². The molecule has 0 unspecified atom stereocenters. The topological polar surface area (TPSA) is 58.1 Å². The van der Waals surface area contributed by atoms with Crippen molar-refractivity contribution in [2.24, 2.45) is 0 Å². The van der Waals surface area contributed by atoms with E-state index in [2.05, 4.69) is 39.4 Å². The number of benzene rings is 1. The number of thiophene rings is 1. The van der Waals surface area contributed by atoms with E-state index in [0.717, 1.165) is 51.6 Å². The highest BCUT2D eigenvalue weighted by molar-refractivity contribution is 7.20. The zero-order valence-corrected chi connectivity index (χ0v) is 17.2. The molecule has 0 aliphatic rings. The number of aryl methyl sites for hydroxylation is 3. The van der Waals surface area contributed by atoms with Crippen molar-refractivity contribution in [2.75, 3.05) is 25.0 Å². The van der Waals surface area contributed by atoms with Crippen LogP contribution in [0.25, 0.3) is 10.2 Å². The van der Waals surface area contributed by atoms with Crippen LogP contribution in [0.15, 0.2) is 30.3 Å². The Labute approximate surface area is 164 Å². The van der Waals surface area contributed by atoms with Gasteiger partial charge in [0, 0.05) is 43.3 Å². The number of para-hydroxylation sites is 1. The van der Waals surface area contributed by atoms with Gasteiger partial charge in [0.05, 0.1) is 4.88 Å². The molecule has 0 saturated carbocycles. The first-order valence-corrected chi connectivity index (χ1v) is 10.1. The fraction of sp³-hybridized carbons (Fsp3) is 0.381. The molecule has 0 aliphatic heterocycles. The van der Waals surface area contributed by atoms with E-state index >= 15 is 0 Å². The van der Waals surface area contributed by atoms with Crippen LogP contribution in [0.2, 0.25) is 0 Å². The van der Waals surface area contributed by atoms with Gasteiger partial charge in [0.1, 0.15) is 10.7 Å². The third-order valence-corrected chi connectivity index (χ3v) is 5.88. The van der Waals surface area contributed by atoms with E-state index in [1.807, 2.05) is 39.0 Å². The third-order valence-electron chi connectivity index (χ3n) is 4.69. The fourth-order valence-corrected chi connectivity index (χ4v) is 4.35. The van der Waals surface area contributed by atoms with Crippen molar-refractivity contribution in [1.29, 1.82) is 0 Å². The zero-order valence-electron chi connectivity index (χ0n) is 16.4. The number of nitrogens with one attached hydrogen (secondary N) is 1. The monoisotopic (exact) mass is 382 g/mol. The van der Waals surface area contributed by atoms with Crippen LogP contribution in [0.5, 0.6) is 0 Å². The van der Waals surface area contributed by atoms with Crippen molar-refractivity contribution < 1.29 is 4.79 Å². The van der Waals surface area contributed by atoms with Gasteiger partial charge in [0.25, 0.3) is 5.91 Å². The first-order valence-electron chi connectivity index (χ1n) is 9.32. The van der Waals surface area contributed by atoms with Crippen LogP contribution in [0.1, 0.15) is 40.1 Å². The lowest BCUT2D eigenvalue weighted by Gasteiger charge is -2.19. The van der Waals surface area contributed by atoms with Gasteiger partial charge in [-0.2, -0.15) is 0 Å². The molecule has 0 fully saturated rings. The van der Waals surface area contributed by atoms with E-state index < -0.39 is 0 Å². The summed E-state index contributed by atoms with van der Waals surface area (Å²) in [5, 5.41) is 4.07. The molecule has 1 N–H and O–H groups in total. The highest BCUT2D eigenvalue weighted by atomic mass is 32.1. The second-order valence-electron chi connectivity index (χ2n) is 6.68. The number of fused-ring (bicyclic) bond motifs is 1. The highest BCUT2D eigenvalue weighted by Gasteiger charge is 2.18. The number of carbonyl (C=O) groups excluding carboxylic acids is 1. The molecule has 6 heteroatoms. The van der Waals surface area contributed by atoms with Gasteiger partial charge in [-0.25, -0.2) is 9.97 Å².